The number of hydrogen-bond donors (Lipinski definition) is 0. The van der Waals surface area contributed by atoms with Crippen molar-refractivity contribution in [2.75, 3.05) is 16.9 Å². The third-order valence-corrected chi connectivity index (χ3v) is 8.82. The van der Waals surface area contributed by atoms with Crippen LogP contribution in [-0.2, 0) is 4.74 Å². The summed E-state index contributed by atoms with van der Waals surface area (Å²) in [6.45, 7) is 2.15. The monoisotopic (exact) mass is 609 g/mol. The van der Waals surface area contributed by atoms with Crippen LogP contribution in [0.25, 0.3) is 33.3 Å². The molecule has 0 N–H and O–H groups in total. The Morgan fingerprint density at radius 2 is 1.13 bits per heavy atom. The number of pyridine rings is 1. The second-order valence-corrected chi connectivity index (χ2v) is 11.6. The maximum atomic E-state index is 12.2. The molecule has 0 atom stereocenters. The Balaban J connectivity index is 1.41. The summed E-state index contributed by atoms with van der Waals surface area (Å²) in [5.41, 5.74) is 12.9. The fourth-order valence-corrected chi connectivity index (χ4v) is 6.62. The number of benzene rings is 6. The van der Waals surface area contributed by atoms with E-state index in [0.717, 1.165) is 73.0 Å². The molecule has 0 saturated carbocycles. The van der Waals surface area contributed by atoms with Crippen LogP contribution in [0.4, 0.5) is 34.1 Å². The lowest BCUT2D eigenvalue weighted by Crippen LogP contribution is -2.24. The van der Waals surface area contributed by atoms with Crippen LogP contribution >= 0.6 is 0 Å². The molecule has 5 nitrogen and oxygen atoms in total. The number of aromatic nitrogens is 1. The molecule has 1 aliphatic heterocycles. The first kappa shape index (κ1) is 28.3. The van der Waals surface area contributed by atoms with Gasteiger partial charge in [0.2, 0.25) is 0 Å². The van der Waals surface area contributed by atoms with E-state index in [0.29, 0.717) is 5.56 Å². The van der Waals surface area contributed by atoms with Crippen LogP contribution in [-0.4, -0.2) is 18.1 Å². The van der Waals surface area contributed by atoms with Crippen LogP contribution in [0, 0.1) is 6.92 Å². The molecule has 1 aliphatic rings. The highest BCUT2D eigenvalue weighted by molar-refractivity contribution is 6.10. The van der Waals surface area contributed by atoms with Crippen molar-refractivity contribution in [3.05, 3.63) is 163 Å². The minimum Gasteiger partial charge on any atom is -0.465 e. The van der Waals surface area contributed by atoms with Crippen molar-refractivity contribution in [2.24, 2.45) is 0 Å². The second-order valence-electron chi connectivity index (χ2n) is 11.6. The molecule has 0 unspecified atom stereocenters. The van der Waals surface area contributed by atoms with Crippen LogP contribution < -0.4 is 9.80 Å². The zero-order valence-electron chi connectivity index (χ0n) is 26.1. The lowest BCUT2D eigenvalue weighted by Gasteiger charge is -2.40. The molecule has 0 bridgehead atoms. The van der Waals surface area contributed by atoms with E-state index in [1.54, 1.807) is 12.1 Å². The molecule has 0 fully saturated rings. The van der Waals surface area contributed by atoms with Crippen LogP contribution in [0.2, 0.25) is 0 Å². The molecular weight excluding hydrogens is 578 g/mol. The fourth-order valence-electron chi connectivity index (χ4n) is 6.62. The fraction of sp³-hybridized carbons (Fsp3) is 0.0476. The van der Waals surface area contributed by atoms with Gasteiger partial charge in [-0.15, -0.1) is 0 Å². The number of carbonyl (C=O) groups excluding carboxylic acids is 1. The summed E-state index contributed by atoms with van der Waals surface area (Å²) in [5.74, 6) is -0.363. The van der Waals surface area contributed by atoms with Gasteiger partial charge in [-0.25, -0.2) is 9.78 Å². The number of carbonyl (C=O) groups is 1. The standard InChI is InChI=1S/C42H31N3O2/c1-28-21-26-39(45-37-19-11-9-17-35(37)44(32-15-7-4-8-16-32)36-18-10-12-20-38(36)45)41-40(28)33(29-13-5-3-6-14-29)27-34(43-41)30-22-24-31(25-23-30)42(46)47-2/h3-27H,1-2H3. The topological polar surface area (TPSA) is 45.7 Å². The summed E-state index contributed by atoms with van der Waals surface area (Å²) in [6.07, 6.45) is 0. The number of aryl methyl sites for hydroxylation is 1. The molecule has 0 aliphatic carbocycles. The average molecular weight is 610 g/mol. The van der Waals surface area contributed by atoms with Crippen LogP contribution in [0.3, 0.4) is 0 Å². The number of fused-ring (bicyclic) bond motifs is 3. The predicted octanol–water partition coefficient (Wildman–Crippen LogP) is 10.9. The quantitative estimate of drug-likeness (QED) is 0.182. The van der Waals surface area contributed by atoms with E-state index in [4.69, 9.17) is 9.72 Å². The molecule has 8 rings (SSSR count). The second kappa shape index (κ2) is 11.6. The first-order valence-electron chi connectivity index (χ1n) is 15.6. The van der Waals surface area contributed by atoms with Crippen LogP contribution in [0.5, 0.6) is 0 Å². The summed E-state index contributed by atoms with van der Waals surface area (Å²) in [7, 11) is 1.40. The van der Waals surface area contributed by atoms with E-state index in [2.05, 4.69) is 132 Å². The number of anilines is 6. The maximum absolute atomic E-state index is 12.2. The SMILES string of the molecule is COC(=O)c1ccc(-c2cc(-c3ccccc3)c3c(C)ccc(N4c5ccccc5N(c5ccccc5)c5ccccc54)c3n2)cc1. The van der Waals surface area contributed by atoms with Crippen molar-refractivity contribution in [2.45, 2.75) is 6.92 Å². The number of nitrogens with zero attached hydrogens (tertiary/aromatic N) is 3. The molecule has 47 heavy (non-hydrogen) atoms. The van der Waals surface area contributed by atoms with Gasteiger partial charge < -0.3 is 14.5 Å². The summed E-state index contributed by atoms with van der Waals surface area (Å²) in [6, 6.07) is 52.1. The van der Waals surface area contributed by atoms with Crippen molar-refractivity contribution in [3.63, 3.8) is 0 Å². The lowest BCUT2D eigenvalue weighted by atomic mass is 9.94. The maximum Gasteiger partial charge on any atom is 0.337 e. The average Bonchev–Trinajstić information content (AvgIpc) is 3.14. The molecular formula is C42H31N3O2. The normalized spacial score (nSPS) is 12.0. The molecule has 6 aromatic carbocycles. The minimum absolute atomic E-state index is 0.363. The molecule has 0 spiro atoms. The van der Waals surface area contributed by atoms with E-state index in [1.165, 1.54) is 7.11 Å². The molecule has 7 aromatic rings. The number of hydrogen-bond acceptors (Lipinski definition) is 5. The Labute approximate surface area is 274 Å². The number of esters is 1. The van der Waals surface area contributed by atoms with Gasteiger partial charge in [-0.1, -0.05) is 91.0 Å². The van der Waals surface area contributed by atoms with Crippen molar-refractivity contribution >= 4 is 51.0 Å². The Kier molecular flexibility index (Phi) is 6.99. The van der Waals surface area contributed by atoms with Gasteiger partial charge in [0.05, 0.1) is 52.3 Å². The highest BCUT2D eigenvalue weighted by Gasteiger charge is 2.31. The van der Waals surface area contributed by atoms with E-state index in [-0.39, 0.29) is 5.97 Å². The largest absolute Gasteiger partial charge is 0.465 e. The summed E-state index contributed by atoms with van der Waals surface area (Å²) < 4.78 is 4.94. The Morgan fingerprint density at radius 1 is 0.574 bits per heavy atom. The molecule has 2 heterocycles. The molecule has 0 radical (unpaired) electrons. The van der Waals surface area contributed by atoms with Gasteiger partial charge >= 0.3 is 5.97 Å². The van der Waals surface area contributed by atoms with Crippen molar-refractivity contribution in [1.29, 1.82) is 0 Å². The Hall–Kier alpha value is -6.20. The smallest absolute Gasteiger partial charge is 0.337 e. The van der Waals surface area contributed by atoms with E-state index >= 15 is 0 Å². The Bertz CT molecular complexity index is 2220. The predicted molar refractivity (Wildman–Crippen MR) is 192 cm³/mol. The third kappa shape index (κ3) is 4.80. The zero-order chi connectivity index (χ0) is 31.9. The van der Waals surface area contributed by atoms with Gasteiger partial charge in [0.1, 0.15) is 0 Å². The van der Waals surface area contributed by atoms with Gasteiger partial charge in [-0.2, -0.15) is 0 Å². The van der Waals surface area contributed by atoms with Crippen LogP contribution in [0.1, 0.15) is 15.9 Å². The lowest BCUT2D eigenvalue weighted by molar-refractivity contribution is 0.0600. The van der Waals surface area contributed by atoms with Crippen LogP contribution in [0.15, 0.2) is 152 Å². The van der Waals surface area contributed by atoms with Gasteiger partial charge in [-0.05, 0) is 84.3 Å². The molecule has 0 saturated heterocycles. The molecule has 5 heteroatoms. The van der Waals surface area contributed by atoms with E-state index in [1.807, 2.05) is 24.3 Å². The third-order valence-electron chi connectivity index (χ3n) is 8.82. The Morgan fingerprint density at radius 3 is 1.72 bits per heavy atom. The van der Waals surface area contributed by atoms with Gasteiger partial charge in [0.25, 0.3) is 0 Å². The van der Waals surface area contributed by atoms with E-state index in [9.17, 15) is 4.79 Å². The van der Waals surface area contributed by atoms with Crippen molar-refractivity contribution in [1.82, 2.24) is 4.98 Å². The minimum atomic E-state index is -0.363. The first-order valence-corrected chi connectivity index (χ1v) is 15.6. The number of rotatable bonds is 5. The van der Waals surface area contributed by atoms with Crippen molar-refractivity contribution in [3.8, 4) is 22.4 Å². The highest BCUT2D eigenvalue weighted by atomic mass is 16.5. The molecule has 226 valence electrons. The van der Waals surface area contributed by atoms with Gasteiger partial charge in [0.15, 0.2) is 0 Å². The summed E-state index contributed by atoms with van der Waals surface area (Å²) in [4.78, 5) is 22.3. The number of methoxy groups -OCH3 is 1. The summed E-state index contributed by atoms with van der Waals surface area (Å²) in [5, 5.41) is 1.10. The van der Waals surface area contributed by atoms with Gasteiger partial charge in [0, 0.05) is 16.6 Å². The van der Waals surface area contributed by atoms with Crippen molar-refractivity contribution < 1.29 is 9.53 Å². The number of ether oxygens (including phenoxy) is 1. The highest BCUT2D eigenvalue weighted by Crippen LogP contribution is 2.55. The van der Waals surface area contributed by atoms with E-state index < -0.39 is 0 Å². The summed E-state index contributed by atoms with van der Waals surface area (Å²) >= 11 is 0. The van der Waals surface area contributed by atoms with Gasteiger partial charge in [-0.3, -0.25) is 0 Å². The zero-order valence-corrected chi connectivity index (χ0v) is 26.1. The molecule has 0 amide bonds. The molecule has 1 aromatic heterocycles. The number of para-hydroxylation sites is 5. The first-order chi connectivity index (χ1) is 23.1.